The second-order valence-electron chi connectivity index (χ2n) is 4.13. The molecular formula is C13H13Cl2N3. The van der Waals surface area contributed by atoms with Crippen LogP contribution in [0.4, 0.5) is 5.69 Å². The number of aryl methyl sites for hydroxylation is 1. The van der Waals surface area contributed by atoms with Crippen molar-refractivity contribution >= 4 is 28.9 Å². The van der Waals surface area contributed by atoms with Gasteiger partial charge < -0.3 is 4.90 Å². The molecule has 94 valence electrons. The quantitative estimate of drug-likeness (QED) is 0.859. The minimum absolute atomic E-state index is 0.339. The standard InChI is InChI=1S/C13H13Cl2N3/c1-9-5-3-4-6-10(9)8-18(2)11-7-12(14)16-17-13(11)15/h3-7H,8H2,1-2H3. The van der Waals surface area contributed by atoms with Crippen molar-refractivity contribution in [1.82, 2.24) is 10.2 Å². The highest BCUT2D eigenvalue weighted by Gasteiger charge is 2.10. The van der Waals surface area contributed by atoms with Crippen LogP contribution in [0, 0.1) is 6.92 Å². The topological polar surface area (TPSA) is 29.0 Å². The van der Waals surface area contributed by atoms with Crippen molar-refractivity contribution in [2.24, 2.45) is 0 Å². The Balaban J connectivity index is 2.25. The first-order valence-corrected chi connectivity index (χ1v) is 6.28. The molecule has 0 fully saturated rings. The number of anilines is 1. The van der Waals surface area contributed by atoms with Crippen LogP contribution in [0.25, 0.3) is 0 Å². The molecular weight excluding hydrogens is 269 g/mol. The number of rotatable bonds is 3. The molecule has 0 saturated heterocycles. The van der Waals surface area contributed by atoms with E-state index in [0.717, 1.165) is 12.2 Å². The summed E-state index contributed by atoms with van der Waals surface area (Å²) in [6.45, 7) is 2.83. The van der Waals surface area contributed by atoms with Gasteiger partial charge in [-0.05, 0) is 18.1 Å². The van der Waals surface area contributed by atoms with Crippen LogP contribution in [0.1, 0.15) is 11.1 Å². The van der Waals surface area contributed by atoms with E-state index >= 15 is 0 Å². The van der Waals surface area contributed by atoms with Crippen LogP contribution in [0.5, 0.6) is 0 Å². The van der Waals surface area contributed by atoms with Crippen molar-refractivity contribution < 1.29 is 0 Å². The Morgan fingerprint density at radius 1 is 1.17 bits per heavy atom. The highest BCUT2D eigenvalue weighted by Crippen LogP contribution is 2.25. The zero-order chi connectivity index (χ0) is 13.1. The van der Waals surface area contributed by atoms with E-state index < -0.39 is 0 Å². The molecule has 0 aliphatic rings. The van der Waals surface area contributed by atoms with E-state index in [1.165, 1.54) is 11.1 Å². The van der Waals surface area contributed by atoms with E-state index in [1.807, 2.05) is 24.1 Å². The van der Waals surface area contributed by atoms with Crippen LogP contribution in [0.3, 0.4) is 0 Å². The van der Waals surface area contributed by atoms with Crippen molar-refractivity contribution in [1.29, 1.82) is 0 Å². The monoisotopic (exact) mass is 281 g/mol. The number of aromatic nitrogens is 2. The fourth-order valence-electron chi connectivity index (χ4n) is 1.74. The largest absolute Gasteiger partial charge is 0.368 e. The second kappa shape index (κ2) is 5.55. The summed E-state index contributed by atoms with van der Waals surface area (Å²) in [7, 11) is 1.95. The van der Waals surface area contributed by atoms with Crippen LogP contribution in [0.15, 0.2) is 30.3 Å². The number of nitrogens with zero attached hydrogens (tertiary/aromatic N) is 3. The first kappa shape index (κ1) is 13.1. The smallest absolute Gasteiger partial charge is 0.175 e. The molecule has 18 heavy (non-hydrogen) atoms. The maximum Gasteiger partial charge on any atom is 0.175 e. The first-order chi connectivity index (χ1) is 8.58. The van der Waals surface area contributed by atoms with E-state index in [0.29, 0.717) is 10.3 Å². The summed E-state index contributed by atoms with van der Waals surface area (Å²) in [4.78, 5) is 2.01. The van der Waals surface area contributed by atoms with Crippen LogP contribution in [-0.4, -0.2) is 17.2 Å². The lowest BCUT2D eigenvalue weighted by Gasteiger charge is -2.20. The van der Waals surface area contributed by atoms with Crippen LogP contribution < -0.4 is 4.90 Å². The fraction of sp³-hybridized carbons (Fsp3) is 0.231. The molecule has 2 aromatic rings. The van der Waals surface area contributed by atoms with E-state index in [4.69, 9.17) is 23.2 Å². The summed E-state index contributed by atoms with van der Waals surface area (Å²) in [5.41, 5.74) is 3.26. The number of hydrogen-bond acceptors (Lipinski definition) is 3. The van der Waals surface area contributed by atoms with E-state index in [9.17, 15) is 0 Å². The Hall–Kier alpha value is -1.32. The molecule has 0 N–H and O–H groups in total. The maximum atomic E-state index is 6.02. The Kier molecular flexibility index (Phi) is 4.04. The van der Waals surface area contributed by atoms with Gasteiger partial charge in [-0.15, -0.1) is 10.2 Å². The highest BCUT2D eigenvalue weighted by atomic mass is 35.5. The second-order valence-corrected chi connectivity index (χ2v) is 4.87. The molecule has 0 unspecified atom stereocenters. The van der Waals surface area contributed by atoms with Gasteiger partial charge in [-0.3, -0.25) is 0 Å². The summed E-state index contributed by atoms with van der Waals surface area (Å²) in [6, 6.07) is 9.94. The zero-order valence-corrected chi connectivity index (χ0v) is 11.7. The molecule has 0 bridgehead atoms. The summed E-state index contributed by atoms with van der Waals surface area (Å²) in [6.07, 6.45) is 0. The van der Waals surface area contributed by atoms with Gasteiger partial charge in [-0.2, -0.15) is 0 Å². The third-order valence-corrected chi connectivity index (χ3v) is 3.23. The van der Waals surface area contributed by atoms with E-state index in [1.54, 1.807) is 6.07 Å². The van der Waals surface area contributed by atoms with Gasteiger partial charge in [0.2, 0.25) is 0 Å². The Morgan fingerprint density at radius 3 is 2.61 bits per heavy atom. The molecule has 0 aliphatic carbocycles. The Morgan fingerprint density at radius 2 is 1.89 bits per heavy atom. The van der Waals surface area contributed by atoms with E-state index in [-0.39, 0.29) is 0 Å². The van der Waals surface area contributed by atoms with Gasteiger partial charge in [0.25, 0.3) is 0 Å². The average molecular weight is 282 g/mol. The summed E-state index contributed by atoms with van der Waals surface area (Å²) in [5.74, 6) is 0. The summed E-state index contributed by atoms with van der Waals surface area (Å²) < 4.78 is 0. The molecule has 1 aromatic carbocycles. The Bertz CT molecular complexity index is 558. The number of halogens is 2. The van der Waals surface area contributed by atoms with Gasteiger partial charge in [-0.1, -0.05) is 47.5 Å². The van der Waals surface area contributed by atoms with Gasteiger partial charge in [-0.25, -0.2) is 0 Å². The van der Waals surface area contributed by atoms with Gasteiger partial charge in [0, 0.05) is 19.7 Å². The lowest BCUT2D eigenvalue weighted by molar-refractivity contribution is 0.897. The first-order valence-electron chi connectivity index (χ1n) is 5.52. The van der Waals surface area contributed by atoms with Crippen molar-refractivity contribution in [2.75, 3.05) is 11.9 Å². The average Bonchev–Trinajstić information content (AvgIpc) is 2.35. The van der Waals surface area contributed by atoms with Gasteiger partial charge in [0.05, 0.1) is 5.69 Å². The minimum Gasteiger partial charge on any atom is -0.368 e. The summed E-state index contributed by atoms with van der Waals surface area (Å²) in [5, 5.41) is 8.20. The predicted octanol–water partition coefficient (Wildman–Crippen LogP) is 3.73. The molecule has 0 aliphatic heterocycles. The van der Waals surface area contributed by atoms with Crippen LogP contribution in [0.2, 0.25) is 10.3 Å². The number of hydrogen-bond donors (Lipinski definition) is 0. The molecule has 5 heteroatoms. The highest BCUT2D eigenvalue weighted by molar-refractivity contribution is 6.33. The zero-order valence-electron chi connectivity index (χ0n) is 10.2. The molecule has 0 spiro atoms. The van der Waals surface area contributed by atoms with E-state index in [2.05, 4.69) is 29.3 Å². The van der Waals surface area contributed by atoms with Crippen molar-refractivity contribution in [3.05, 3.63) is 51.8 Å². The lowest BCUT2D eigenvalue weighted by Crippen LogP contribution is -2.18. The molecule has 1 heterocycles. The fourth-order valence-corrected chi connectivity index (χ4v) is 2.12. The molecule has 2 rings (SSSR count). The molecule has 0 saturated carbocycles. The van der Waals surface area contributed by atoms with Crippen molar-refractivity contribution in [3.63, 3.8) is 0 Å². The van der Waals surface area contributed by atoms with Gasteiger partial charge in [0.1, 0.15) is 0 Å². The minimum atomic E-state index is 0.339. The van der Waals surface area contributed by atoms with Crippen molar-refractivity contribution in [2.45, 2.75) is 13.5 Å². The summed E-state index contributed by atoms with van der Waals surface area (Å²) >= 11 is 11.9. The predicted molar refractivity (Wildman–Crippen MR) is 75.3 cm³/mol. The van der Waals surface area contributed by atoms with Crippen LogP contribution >= 0.6 is 23.2 Å². The molecule has 0 radical (unpaired) electrons. The normalized spacial score (nSPS) is 10.4. The van der Waals surface area contributed by atoms with Crippen LogP contribution in [-0.2, 0) is 6.54 Å². The maximum absolute atomic E-state index is 6.02. The molecule has 3 nitrogen and oxygen atoms in total. The lowest BCUT2D eigenvalue weighted by atomic mass is 10.1. The van der Waals surface area contributed by atoms with Gasteiger partial charge in [0.15, 0.2) is 10.3 Å². The molecule has 1 aromatic heterocycles. The molecule has 0 atom stereocenters. The third-order valence-electron chi connectivity index (χ3n) is 2.78. The Labute approximate surface area is 116 Å². The SMILES string of the molecule is Cc1ccccc1CN(C)c1cc(Cl)nnc1Cl. The van der Waals surface area contributed by atoms with Gasteiger partial charge >= 0.3 is 0 Å². The third kappa shape index (κ3) is 2.92. The number of benzene rings is 1. The molecule has 0 amide bonds. The van der Waals surface area contributed by atoms with Crippen molar-refractivity contribution in [3.8, 4) is 0 Å².